The van der Waals surface area contributed by atoms with E-state index < -0.39 is 72.8 Å². The first-order valence-corrected chi connectivity index (χ1v) is 16.1. The van der Waals surface area contributed by atoms with Crippen LogP contribution in [0.4, 0.5) is 35.1 Å². The number of carboxylic acids is 1. The molecule has 2 aliphatic carbocycles. The van der Waals surface area contributed by atoms with Crippen LogP contribution in [-0.4, -0.2) is 60.2 Å². The number of carbonyl (C=O) groups is 2. The Morgan fingerprint density at radius 1 is 1.04 bits per heavy atom. The maximum atomic E-state index is 15.0. The number of aromatic nitrogens is 1. The molecule has 252 valence electrons. The first-order chi connectivity index (χ1) is 21.3. The summed E-state index contributed by atoms with van der Waals surface area (Å²) in [5.41, 5.74) is -8.43. The highest BCUT2D eigenvalue weighted by atomic mass is 32.2. The molecule has 2 unspecified atom stereocenters. The zero-order valence-corrected chi connectivity index (χ0v) is 25.2. The molecule has 2 heterocycles. The second kappa shape index (κ2) is 11.4. The van der Waals surface area contributed by atoms with Gasteiger partial charge in [0.2, 0.25) is 5.91 Å². The molecule has 3 aliphatic rings. The van der Waals surface area contributed by atoms with E-state index in [-0.39, 0.29) is 61.3 Å². The molecular weight excluding hydrogens is 652 g/mol. The quantitative estimate of drug-likeness (QED) is 0.361. The average Bonchev–Trinajstić information content (AvgIpc) is 3.36. The van der Waals surface area contributed by atoms with Crippen molar-refractivity contribution in [3.63, 3.8) is 0 Å². The largest absolute Gasteiger partial charge is 0.481 e. The van der Waals surface area contributed by atoms with Crippen LogP contribution in [-0.2, 0) is 36.3 Å². The molecule has 2 aromatic rings. The van der Waals surface area contributed by atoms with Gasteiger partial charge in [0, 0.05) is 25.1 Å². The fourth-order valence-electron chi connectivity index (χ4n) is 7.67. The number of halogens is 8. The minimum absolute atomic E-state index is 0.0683. The van der Waals surface area contributed by atoms with E-state index in [0.717, 1.165) is 24.3 Å². The van der Waals surface area contributed by atoms with Crippen LogP contribution < -0.4 is 0 Å². The number of benzene rings is 1. The van der Waals surface area contributed by atoms with Crippen LogP contribution in [0, 0.1) is 23.6 Å². The molecule has 5 atom stereocenters. The fourth-order valence-corrected chi connectivity index (χ4v) is 10.0. The van der Waals surface area contributed by atoms with E-state index in [0.29, 0.717) is 25.5 Å². The molecule has 0 radical (unpaired) electrons. The number of likely N-dealkylation sites (tertiary alicyclic amines) is 1. The Bertz CT molecular complexity index is 1630. The molecule has 2 fully saturated rings. The second-order valence-corrected chi connectivity index (χ2v) is 14.6. The molecule has 5 rings (SSSR count). The van der Waals surface area contributed by atoms with E-state index in [1.807, 2.05) is 0 Å². The maximum absolute atomic E-state index is 15.0. The lowest BCUT2D eigenvalue weighted by atomic mass is 9.73. The Morgan fingerprint density at radius 2 is 1.72 bits per heavy atom. The van der Waals surface area contributed by atoms with Gasteiger partial charge in [0.05, 0.1) is 16.6 Å². The van der Waals surface area contributed by atoms with E-state index >= 15 is 0 Å². The third-order valence-corrected chi connectivity index (χ3v) is 12.4. The number of fused-ring (bicyclic) bond motifs is 3. The average molecular weight is 683 g/mol. The maximum Gasteiger partial charge on any atom is 0.437 e. The summed E-state index contributed by atoms with van der Waals surface area (Å²) in [6, 6.07) is 3.06. The summed E-state index contributed by atoms with van der Waals surface area (Å²) in [4.78, 5) is 29.3. The molecule has 1 saturated heterocycles. The van der Waals surface area contributed by atoms with E-state index in [9.17, 15) is 58.2 Å². The van der Waals surface area contributed by atoms with Gasteiger partial charge in [-0.3, -0.25) is 14.6 Å². The van der Waals surface area contributed by atoms with Crippen LogP contribution >= 0.6 is 0 Å². The van der Waals surface area contributed by atoms with Crippen molar-refractivity contribution in [2.24, 2.45) is 17.8 Å². The van der Waals surface area contributed by atoms with Gasteiger partial charge < -0.3 is 10.0 Å². The summed E-state index contributed by atoms with van der Waals surface area (Å²) >= 11 is 0. The zero-order chi connectivity index (χ0) is 34.0. The van der Waals surface area contributed by atoms with E-state index in [1.165, 1.54) is 4.90 Å². The second-order valence-electron chi connectivity index (χ2n) is 12.4. The molecule has 46 heavy (non-hydrogen) atoms. The number of rotatable bonds is 6. The highest BCUT2D eigenvalue weighted by Crippen LogP contribution is 2.56. The summed E-state index contributed by atoms with van der Waals surface area (Å²) in [5.74, 6) is -3.31. The van der Waals surface area contributed by atoms with E-state index in [2.05, 4.69) is 4.98 Å². The highest BCUT2D eigenvalue weighted by molar-refractivity contribution is 7.92. The molecule has 1 N–H and O–H groups in total. The van der Waals surface area contributed by atoms with Gasteiger partial charge >= 0.3 is 24.0 Å². The number of nitrogens with zero attached hydrogens (tertiary/aromatic N) is 2. The first kappa shape index (κ1) is 34.0. The van der Waals surface area contributed by atoms with E-state index in [4.69, 9.17) is 0 Å². The third-order valence-electron chi connectivity index (χ3n) is 9.83. The van der Waals surface area contributed by atoms with Crippen LogP contribution in [0.3, 0.4) is 0 Å². The Hall–Kier alpha value is -3.30. The van der Waals surface area contributed by atoms with Crippen LogP contribution in [0.25, 0.3) is 0 Å². The monoisotopic (exact) mass is 682 g/mol. The summed E-state index contributed by atoms with van der Waals surface area (Å²) in [5, 5.41) is 9.17. The molecule has 16 heteroatoms. The fraction of sp³-hybridized carbons (Fsp3) is 0.567. The Kier molecular flexibility index (Phi) is 8.47. The summed E-state index contributed by atoms with van der Waals surface area (Å²) in [6.45, 7) is 1.63. The SMILES string of the molecule is C[C@H]1C[C@H](CC(=O)O)CC[C@H]1C(=O)N1CCC2(S(=O)(=O)c3cccc(F)c3)c3cnc(C(F)(C(F)(F)F)C(F)(F)F)cc3CCC12. The minimum Gasteiger partial charge on any atom is -0.481 e. The highest BCUT2D eigenvalue weighted by Gasteiger charge is 2.75. The first-order valence-electron chi connectivity index (χ1n) is 14.6. The lowest BCUT2D eigenvalue weighted by Gasteiger charge is -2.44. The molecule has 0 bridgehead atoms. The van der Waals surface area contributed by atoms with Crippen molar-refractivity contribution >= 4 is 21.7 Å². The number of hydrogen-bond donors (Lipinski definition) is 1. The predicted octanol–water partition coefficient (Wildman–Crippen LogP) is 6.25. The molecule has 1 aliphatic heterocycles. The number of aliphatic carboxylic acids is 1. The molecule has 1 aromatic carbocycles. The van der Waals surface area contributed by atoms with Crippen molar-refractivity contribution in [2.75, 3.05) is 6.54 Å². The molecule has 1 saturated carbocycles. The molecule has 1 aromatic heterocycles. The van der Waals surface area contributed by atoms with Gasteiger partial charge in [-0.1, -0.05) is 13.0 Å². The number of sulfone groups is 1. The van der Waals surface area contributed by atoms with Gasteiger partial charge in [-0.05, 0) is 85.8 Å². The topological polar surface area (TPSA) is 105 Å². The normalized spacial score (nSPS) is 27.2. The van der Waals surface area contributed by atoms with Crippen molar-refractivity contribution in [3.8, 4) is 0 Å². The van der Waals surface area contributed by atoms with Crippen molar-refractivity contribution in [1.29, 1.82) is 0 Å². The van der Waals surface area contributed by atoms with Gasteiger partial charge in [-0.15, -0.1) is 0 Å². The lowest BCUT2D eigenvalue weighted by molar-refractivity contribution is -0.350. The minimum atomic E-state index is -6.44. The van der Waals surface area contributed by atoms with Crippen molar-refractivity contribution in [3.05, 3.63) is 59.2 Å². The van der Waals surface area contributed by atoms with Gasteiger partial charge in [0.15, 0.2) is 9.84 Å². The zero-order valence-electron chi connectivity index (χ0n) is 24.3. The molecule has 0 spiro atoms. The van der Waals surface area contributed by atoms with Gasteiger partial charge in [-0.2, -0.15) is 26.3 Å². The Balaban J connectivity index is 1.61. The van der Waals surface area contributed by atoms with Crippen molar-refractivity contribution < 1.29 is 58.2 Å². The Labute approximate surface area is 258 Å². The number of aryl methyl sites for hydroxylation is 1. The number of hydrogen-bond acceptors (Lipinski definition) is 5. The van der Waals surface area contributed by atoms with Crippen LogP contribution in [0.1, 0.15) is 62.3 Å². The van der Waals surface area contributed by atoms with Gasteiger partial charge in [0.1, 0.15) is 10.6 Å². The number of carboxylic acid groups (broad SMARTS) is 1. The lowest BCUT2D eigenvalue weighted by Crippen LogP contribution is -2.54. The van der Waals surface area contributed by atoms with Crippen LogP contribution in [0.5, 0.6) is 0 Å². The summed E-state index contributed by atoms with van der Waals surface area (Å²) in [7, 11) is -4.71. The number of amides is 1. The van der Waals surface area contributed by atoms with Crippen molar-refractivity contribution in [2.45, 2.75) is 85.6 Å². The third kappa shape index (κ3) is 5.23. The number of pyridine rings is 1. The van der Waals surface area contributed by atoms with Crippen LogP contribution in [0.15, 0.2) is 41.4 Å². The smallest absolute Gasteiger partial charge is 0.437 e. The van der Waals surface area contributed by atoms with E-state index in [1.54, 1.807) is 6.92 Å². The molecule has 7 nitrogen and oxygen atoms in total. The van der Waals surface area contributed by atoms with Crippen LogP contribution in [0.2, 0.25) is 0 Å². The summed E-state index contributed by atoms with van der Waals surface area (Å²) < 4.78 is 137. The summed E-state index contributed by atoms with van der Waals surface area (Å²) in [6.07, 6.45) is -12.1. The van der Waals surface area contributed by atoms with Crippen molar-refractivity contribution in [1.82, 2.24) is 9.88 Å². The molecular formula is C30H30F8N2O5S. The number of alkyl halides is 7. The van der Waals surface area contributed by atoms with Gasteiger partial charge in [-0.25, -0.2) is 17.2 Å². The van der Waals surface area contributed by atoms with Gasteiger partial charge in [0.25, 0.3) is 0 Å². The molecule has 1 amide bonds. The predicted molar refractivity (Wildman–Crippen MR) is 145 cm³/mol. The number of carbonyl (C=O) groups excluding carboxylic acids is 1. The standard InChI is InChI=1S/C30H30F8N2O5S/c1-16-11-17(12-25(41)42)5-7-21(16)26(43)40-10-9-27(46(44,45)20-4-2-3-19(31)14-20)22-15-39-23(13-18(22)6-8-24(27)40)28(32,29(33,34)35)30(36,37)38/h2-4,13-17,21,24H,5-12H2,1H3,(H,41,42)/t16-,17+,21+,24?,27?/m0/s1. The Morgan fingerprint density at radius 3 is 2.30 bits per heavy atom.